The van der Waals surface area contributed by atoms with E-state index in [0.717, 1.165) is 8.95 Å². The highest BCUT2D eigenvalue weighted by Gasteiger charge is 2.28. The monoisotopic (exact) mass is 378 g/mol. The molecule has 1 aromatic carbocycles. The van der Waals surface area contributed by atoms with Crippen LogP contribution in [0.25, 0.3) is 0 Å². The van der Waals surface area contributed by atoms with Gasteiger partial charge in [0.15, 0.2) is 0 Å². The van der Waals surface area contributed by atoms with Crippen molar-refractivity contribution in [3.63, 3.8) is 0 Å². The molecule has 0 spiro atoms. The Morgan fingerprint density at radius 1 is 1.25 bits per heavy atom. The summed E-state index contributed by atoms with van der Waals surface area (Å²) < 4.78 is 37.6. The van der Waals surface area contributed by atoms with Gasteiger partial charge in [-0.25, -0.2) is 0 Å². The number of rotatable bonds is 3. The molecular formula is C10H8Br2ClF3. The van der Waals surface area contributed by atoms with Gasteiger partial charge in [-0.05, 0) is 30.2 Å². The highest BCUT2D eigenvalue weighted by Crippen LogP contribution is 2.36. The first kappa shape index (κ1) is 14.3. The fraction of sp³-hybridized carbons (Fsp3) is 0.400. The van der Waals surface area contributed by atoms with Gasteiger partial charge >= 0.3 is 6.18 Å². The summed E-state index contributed by atoms with van der Waals surface area (Å²) in [5.74, 6) is 0. The molecule has 0 fully saturated rings. The quantitative estimate of drug-likeness (QED) is 0.579. The molecule has 0 N–H and O–H groups in total. The number of alkyl halides is 4. The van der Waals surface area contributed by atoms with Crippen molar-refractivity contribution in [2.45, 2.75) is 24.4 Å². The van der Waals surface area contributed by atoms with Gasteiger partial charge in [-0.15, -0.1) is 11.6 Å². The molecule has 6 heteroatoms. The molecule has 16 heavy (non-hydrogen) atoms. The smallest absolute Gasteiger partial charge is 0.171 e. The molecule has 1 unspecified atom stereocenters. The van der Waals surface area contributed by atoms with E-state index in [4.69, 9.17) is 11.6 Å². The highest BCUT2D eigenvalue weighted by molar-refractivity contribution is 9.11. The summed E-state index contributed by atoms with van der Waals surface area (Å²) in [5, 5.41) is -0.645. The van der Waals surface area contributed by atoms with Crippen LogP contribution in [0.3, 0.4) is 0 Å². The van der Waals surface area contributed by atoms with Gasteiger partial charge in [-0.2, -0.15) is 13.2 Å². The third-order valence-corrected chi connectivity index (χ3v) is 3.65. The van der Waals surface area contributed by atoms with Gasteiger partial charge in [0.25, 0.3) is 0 Å². The van der Waals surface area contributed by atoms with Gasteiger partial charge in [0.2, 0.25) is 0 Å². The van der Waals surface area contributed by atoms with Gasteiger partial charge in [-0.1, -0.05) is 31.9 Å². The minimum Gasteiger partial charge on any atom is -0.171 e. The maximum Gasteiger partial charge on any atom is 0.389 e. The molecule has 0 saturated carbocycles. The molecule has 1 aromatic rings. The molecule has 90 valence electrons. The second-order valence-electron chi connectivity index (χ2n) is 3.29. The van der Waals surface area contributed by atoms with Crippen LogP contribution in [0.1, 0.15) is 23.8 Å². The summed E-state index contributed by atoms with van der Waals surface area (Å²) in [4.78, 5) is 0. The predicted octanol–water partition coefficient (Wildman–Crippen LogP) is 5.83. The molecule has 0 bridgehead atoms. The number of benzene rings is 1. The van der Waals surface area contributed by atoms with Crippen LogP contribution in [-0.4, -0.2) is 6.18 Å². The Bertz CT molecular complexity index is 366. The van der Waals surface area contributed by atoms with E-state index in [9.17, 15) is 13.2 Å². The Morgan fingerprint density at radius 2 is 1.88 bits per heavy atom. The third-order valence-electron chi connectivity index (χ3n) is 1.98. The van der Waals surface area contributed by atoms with Gasteiger partial charge < -0.3 is 0 Å². The maximum absolute atomic E-state index is 12.0. The SMILES string of the molecule is FC(F)(F)CCC(Cl)c1cc(Br)ccc1Br. The summed E-state index contributed by atoms with van der Waals surface area (Å²) in [6.07, 6.45) is -5.16. The van der Waals surface area contributed by atoms with Crippen LogP contribution >= 0.6 is 43.5 Å². The molecule has 0 saturated heterocycles. The van der Waals surface area contributed by atoms with E-state index in [1.54, 1.807) is 18.2 Å². The first-order valence-corrected chi connectivity index (χ1v) is 6.47. The third kappa shape index (κ3) is 4.63. The largest absolute Gasteiger partial charge is 0.389 e. The van der Waals surface area contributed by atoms with E-state index in [1.807, 2.05) is 0 Å². The zero-order valence-corrected chi connectivity index (χ0v) is 11.9. The number of halogens is 6. The molecule has 0 aliphatic carbocycles. The van der Waals surface area contributed by atoms with Crippen molar-refractivity contribution >= 4 is 43.5 Å². The van der Waals surface area contributed by atoms with Crippen molar-refractivity contribution in [3.8, 4) is 0 Å². The molecule has 0 amide bonds. The predicted molar refractivity (Wildman–Crippen MR) is 65.7 cm³/mol. The summed E-state index contributed by atoms with van der Waals surface area (Å²) in [6, 6.07) is 5.27. The minimum atomic E-state index is -4.16. The normalized spacial score (nSPS) is 13.9. The van der Waals surface area contributed by atoms with Gasteiger partial charge in [0, 0.05) is 15.4 Å². The van der Waals surface area contributed by atoms with Crippen molar-refractivity contribution in [2.75, 3.05) is 0 Å². The number of hydrogen-bond acceptors (Lipinski definition) is 0. The van der Waals surface area contributed by atoms with Crippen molar-refractivity contribution in [1.29, 1.82) is 0 Å². The lowest BCUT2D eigenvalue weighted by molar-refractivity contribution is -0.135. The maximum atomic E-state index is 12.0. The van der Waals surface area contributed by atoms with E-state index in [2.05, 4.69) is 31.9 Å². The van der Waals surface area contributed by atoms with Gasteiger partial charge in [0.1, 0.15) is 0 Å². The van der Waals surface area contributed by atoms with Crippen LogP contribution < -0.4 is 0 Å². The van der Waals surface area contributed by atoms with E-state index in [-0.39, 0.29) is 6.42 Å². The Balaban J connectivity index is 2.73. The average Bonchev–Trinajstić information content (AvgIpc) is 2.17. The van der Waals surface area contributed by atoms with Gasteiger partial charge in [-0.3, -0.25) is 0 Å². The van der Waals surface area contributed by atoms with Crippen LogP contribution in [-0.2, 0) is 0 Å². The van der Waals surface area contributed by atoms with E-state index in [1.165, 1.54) is 0 Å². The molecule has 0 aliphatic heterocycles. The minimum absolute atomic E-state index is 0.125. The molecule has 0 heterocycles. The number of hydrogen-bond donors (Lipinski definition) is 0. The summed E-state index contributed by atoms with van der Waals surface area (Å²) in [6.45, 7) is 0. The second-order valence-corrected chi connectivity index (χ2v) is 5.58. The summed E-state index contributed by atoms with van der Waals surface area (Å²) >= 11 is 12.5. The Labute approximate surface area is 113 Å². The summed E-state index contributed by atoms with van der Waals surface area (Å²) in [5.41, 5.74) is 0.667. The lowest BCUT2D eigenvalue weighted by Crippen LogP contribution is -2.08. The van der Waals surface area contributed by atoms with Gasteiger partial charge in [0.05, 0.1) is 5.38 Å². The van der Waals surface area contributed by atoms with Crippen LogP contribution in [0.4, 0.5) is 13.2 Å². The highest BCUT2D eigenvalue weighted by atomic mass is 79.9. The molecule has 0 aliphatic rings. The molecule has 0 aromatic heterocycles. The summed E-state index contributed by atoms with van der Waals surface area (Å²) in [7, 11) is 0. The van der Waals surface area contributed by atoms with E-state index >= 15 is 0 Å². The molecule has 1 rings (SSSR count). The van der Waals surface area contributed by atoms with Crippen LogP contribution in [0, 0.1) is 0 Å². The molecule has 1 atom stereocenters. The van der Waals surface area contributed by atoms with Crippen LogP contribution in [0.2, 0.25) is 0 Å². The Kier molecular flexibility index (Phi) is 5.13. The lowest BCUT2D eigenvalue weighted by Gasteiger charge is -2.13. The van der Waals surface area contributed by atoms with Crippen molar-refractivity contribution in [2.24, 2.45) is 0 Å². The zero-order chi connectivity index (χ0) is 12.3. The van der Waals surface area contributed by atoms with Crippen molar-refractivity contribution in [3.05, 3.63) is 32.7 Å². The first-order chi connectivity index (χ1) is 7.29. The van der Waals surface area contributed by atoms with E-state index < -0.39 is 18.0 Å². The van der Waals surface area contributed by atoms with Crippen molar-refractivity contribution in [1.82, 2.24) is 0 Å². The topological polar surface area (TPSA) is 0 Å². The first-order valence-electron chi connectivity index (χ1n) is 4.45. The second kappa shape index (κ2) is 5.74. The fourth-order valence-electron chi connectivity index (χ4n) is 1.20. The molecule has 0 radical (unpaired) electrons. The molecule has 0 nitrogen and oxygen atoms in total. The zero-order valence-electron chi connectivity index (χ0n) is 7.99. The van der Waals surface area contributed by atoms with E-state index in [0.29, 0.717) is 5.56 Å². The average molecular weight is 380 g/mol. The Hall–Kier alpha value is 0.260. The Morgan fingerprint density at radius 3 is 2.44 bits per heavy atom. The fourth-order valence-corrected chi connectivity index (χ4v) is 2.52. The van der Waals surface area contributed by atoms with Crippen molar-refractivity contribution < 1.29 is 13.2 Å². The lowest BCUT2D eigenvalue weighted by atomic mass is 10.1. The standard InChI is InChI=1S/C10H8Br2ClF3/c11-6-1-2-8(12)7(5-6)9(13)3-4-10(14,15)16/h1-2,5,9H,3-4H2. The molecular weight excluding hydrogens is 372 g/mol. The van der Waals surface area contributed by atoms with Crippen LogP contribution in [0.15, 0.2) is 27.1 Å². The van der Waals surface area contributed by atoms with Crippen LogP contribution in [0.5, 0.6) is 0 Å².